The number of carbonyl (C=O) groups excluding carboxylic acids is 1. The van der Waals surface area contributed by atoms with Crippen molar-refractivity contribution in [1.29, 1.82) is 0 Å². The molecule has 0 aromatic carbocycles. The average Bonchev–Trinajstić information content (AvgIpc) is 3.13. The molecule has 7 heteroatoms. The van der Waals surface area contributed by atoms with Gasteiger partial charge in [0.15, 0.2) is 0 Å². The van der Waals surface area contributed by atoms with Crippen molar-refractivity contribution < 1.29 is 13.9 Å². The lowest BCUT2D eigenvalue weighted by Gasteiger charge is -2.29. The Bertz CT molecular complexity index is 636. The predicted octanol–water partition coefficient (Wildman–Crippen LogP) is 1.35. The van der Waals surface area contributed by atoms with Crippen LogP contribution in [0.4, 0.5) is 0 Å². The fraction of sp³-hybridized carbons (Fsp3) is 0.471. The molecule has 1 amide bonds. The van der Waals surface area contributed by atoms with Gasteiger partial charge in [-0.2, -0.15) is 0 Å². The standard InChI is InChI=1S/C17H22N4O3/c1-14-18-11-15(12-19-14)17(22)21(13-16-3-2-8-24-16)5-4-20-6-9-23-10-7-20/h2-3,8,11-12H,4-7,9-10,13H2,1H3. The predicted molar refractivity (Wildman–Crippen MR) is 87.5 cm³/mol. The van der Waals surface area contributed by atoms with Crippen LogP contribution in [0, 0.1) is 6.92 Å². The fourth-order valence-electron chi connectivity index (χ4n) is 2.62. The van der Waals surface area contributed by atoms with Gasteiger partial charge in [0.2, 0.25) is 0 Å². The number of furan rings is 1. The van der Waals surface area contributed by atoms with Gasteiger partial charge in [-0.1, -0.05) is 0 Å². The lowest BCUT2D eigenvalue weighted by molar-refractivity contribution is 0.0316. The van der Waals surface area contributed by atoms with Crippen molar-refractivity contribution in [1.82, 2.24) is 19.8 Å². The Morgan fingerprint density at radius 3 is 2.71 bits per heavy atom. The molecule has 0 saturated carbocycles. The Labute approximate surface area is 141 Å². The van der Waals surface area contributed by atoms with Gasteiger partial charge in [-0.15, -0.1) is 0 Å². The van der Waals surface area contributed by atoms with E-state index in [2.05, 4.69) is 14.9 Å². The molecule has 0 aliphatic carbocycles. The van der Waals surface area contributed by atoms with Crippen LogP contribution in [0.2, 0.25) is 0 Å². The summed E-state index contributed by atoms with van der Waals surface area (Å²) in [5, 5.41) is 0. The molecule has 2 aromatic heterocycles. The third kappa shape index (κ3) is 4.39. The maximum Gasteiger partial charge on any atom is 0.257 e. The highest BCUT2D eigenvalue weighted by Crippen LogP contribution is 2.10. The highest BCUT2D eigenvalue weighted by atomic mass is 16.5. The van der Waals surface area contributed by atoms with E-state index in [-0.39, 0.29) is 5.91 Å². The summed E-state index contributed by atoms with van der Waals surface area (Å²) >= 11 is 0. The van der Waals surface area contributed by atoms with E-state index in [9.17, 15) is 4.79 Å². The van der Waals surface area contributed by atoms with Gasteiger partial charge in [0, 0.05) is 38.6 Å². The number of aryl methyl sites for hydroxylation is 1. The second kappa shape index (κ2) is 8.03. The molecule has 0 atom stereocenters. The molecule has 3 heterocycles. The first-order valence-electron chi connectivity index (χ1n) is 8.13. The minimum absolute atomic E-state index is 0.0836. The quantitative estimate of drug-likeness (QED) is 0.796. The zero-order valence-electron chi connectivity index (χ0n) is 13.9. The Morgan fingerprint density at radius 2 is 2.04 bits per heavy atom. The molecule has 1 fully saturated rings. The van der Waals surface area contributed by atoms with Crippen LogP contribution in [-0.4, -0.2) is 65.1 Å². The van der Waals surface area contributed by atoms with Crippen LogP contribution in [0.25, 0.3) is 0 Å². The Morgan fingerprint density at radius 1 is 1.29 bits per heavy atom. The topological polar surface area (TPSA) is 71.7 Å². The van der Waals surface area contributed by atoms with Crippen LogP contribution in [-0.2, 0) is 11.3 Å². The lowest BCUT2D eigenvalue weighted by atomic mass is 10.2. The third-order valence-electron chi connectivity index (χ3n) is 4.03. The normalized spacial score (nSPS) is 15.4. The molecule has 1 aliphatic rings. The molecule has 0 radical (unpaired) electrons. The minimum Gasteiger partial charge on any atom is -0.467 e. The van der Waals surface area contributed by atoms with Crippen LogP contribution in [0.5, 0.6) is 0 Å². The monoisotopic (exact) mass is 330 g/mol. The van der Waals surface area contributed by atoms with Gasteiger partial charge < -0.3 is 14.1 Å². The Balaban J connectivity index is 1.68. The van der Waals surface area contributed by atoms with E-state index in [1.165, 1.54) is 0 Å². The summed E-state index contributed by atoms with van der Waals surface area (Å²) < 4.78 is 10.8. The SMILES string of the molecule is Cc1ncc(C(=O)N(CCN2CCOCC2)Cc2ccco2)cn1. The van der Waals surface area contributed by atoms with E-state index in [0.29, 0.717) is 24.5 Å². The number of nitrogens with zero attached hydrogens (tertiary/aromatic N) is 4. The highest BCUT2D eigenvalue weighted by Gasteiger charge is 2.20. The molecule has 24 heavy (non-hydrogen) atoms. The van der Waals surface area contributed by atoms with Crippen LogP contribution in [0.15, 0.2) is 35.2 Å². The van der Waals surface area contributed by atoms with Crippen molar-refractivity contribution in [2.75, 3.05) is 39.4 Å². The first-order chi connectivity index (χ1) is 11.7. The number of carbonyl (C=O) groups is 1. The minimum atomic E-state index is -0.0836. The Kier molecular flexibility index (Phi) is 5.55. The summed E-state index contributed by atoms with van der Waals surface area (Å²) in [6, 6.07) is 3.70. The molecule has 0 bridgehead atoms. The molecule has 1 saturated heterocycles. The molecule has 0 spiro atoms. The van der Waals surface area contributed by atoms with Gasteiger partial charge in [-0.3, -0.25) is 9.69 Å². The van der Waals surface area contributed by atoms with Crippen LogP contribution in [0.1, 0.15) is 21.9 Å². The molecular formula is C17H22N4O3. The summed E-state index contributed by atoms with van der Waals surface area (Å²) in [6.45, 7) is 6.95. The van der Waals surface area contributed by atoms with Gasteiger partial charge in [0.05, 0.1) is 31.6 Å². The fourth-order valence-corrected chi connectivity index (χ4v) is 2.62. The van der Waals surface area contributed by atoms with Crippen molar-refractivity contribution in [3.05, 3.63) is 47.9 Å². The van der Waals surface area contributed by atoms with Crippen LogP contribution >= 0.6 is 0 Å². The summed E-state index contributed by atoms with van der Waals surface area (Å²) in [6.07, 6.45) is 4.78. The molecule has 0 N–H and O–H groups in total. The second-order valence-electron chi connectivity index (χ2n) is 5.78. The number of ether oxygens (including phenoxy) is 1. The van der Waals surface area contributed by atoms with Gasteiger partial charge in [-0.05, 0) is 19.1 Å². The average molecular weight is 330 g/mol. The first-order valence-corrected chi connectivity index (χ1v) is 8.13. The summed E-state index contributed by atoms with van der Waals surface area (Å²) in [4.78, 5) is 25.1. The van der Waals surface area contributed by atoms with Crippen molar-refractivity contribution in [3.8, 4) is 0 Å². The second-order valence-corrected chi connectivity index (χ2v) is 5.78. The third-order valence-corrected chi connectivity index (χ3v) is 4.03. The maximum atomic E-state index is 12.8. The van der Waals surface area contributed by atoms with Gasteiger partial charge in [-0.25, -0.2) is 9.97 Å². The molecule has 3 rings (SSSR count). The van der Waals surface area contributed by atoms with Gasteiger partial charge in [0.25, 0.3) is 5.91 Å². The number of hydrogen-bond donors (Lipinski definition) is 0. The van der Waals surface area contributed by atoms with Crippen LogP contribution in [0.3, 0.4) is 0 Å². The van der Waals surface area contributed by atoms with Crippen LogP contribution < -0.4 is 0 Å². The van der Waals surface area contributed by atoms with Gasteiger partial charge in [0.1, 0.15) is 11.6 Å². The lowest BCUT2D eigenvalue weighted by Crippen LogP contribution is -2.42. The van der Waals surface area contributed by atoms with Crippen molar-refractivity contribution >= 4 is 5.91 Å². The largest absolute Gasteiger partial charge is 0.467 e. The van der Waals surface area contributed by atoms with E-state index in [0.717, 1.165) is 38.6 Å². The molecule has 0 unspecified atom stereocenters. The zero-order valence-corrected chi connectivity index (χ0v) is 13.9. The number of aromatic nitrogens is 2. The molecular weight excluding hydrogens is 308 g/mol. The number of hydrogen-bond acceptors (Lipinski definition) is 6. The van der Waals surface area contributed by atoms with E-state index >= 15 is 0 Å². The molecule has 1 aliphatic heterocycles. The zero-order chi connectivity index (χ0) is 16.8. The van der Waals surface area contributed by atoms with Crippen molar-refractivity contribution in [3.63, 3.8) is 0 Å². The summed E-state index contributed by atoms with van der Waals surface area (Å²) in [5.74, 6) is 1.33. The number of morpholine rings is 1. The van der Waals surface area contributed by atoms with E-state index < -0.39 is 0 Å². The summed E-state index contributed by atoms with van der Waals surface area (Å²) in [7, 11) is 0. The van der Waals surface area contributed by atoms with Crippen molar-refractivity contribution in [2.45, 2.75) is 13.5 Å². The summed E-state index contributed by atoms with van der Waals surface area (Å²) in [5.41, 5.74) is 0.495. The molecule has 2 aromatic rings. The van der Waals surface area contributed by atoms with E-state index in [4.69, 9.17) is 9.15 Å². The van der Waals surface area contributed by atoms with E-state index in [1.807, 2.05) is 12.1 Å². The van der Waals surface area contributed by atoms with Crippen molar-refractivity contribution in [2.24, 2.45) is 0 Å². The molecule has 7 nitrogen and oxygen atoms in total. The van der Waals surface area contributed by atoms with Gasteiger partial charge >= 0.3 is 0 Å². The molecule has 128 valence electrons. The Hall–Kier alpha value is -2.25. The first kappa shape index (κ1) is 16.6. The maximum absolute atomic E-state index is 12.8. The highest BCUT2D eigenvalue weighted by molar-refractivity contribution is 5.93. The number of amides is 1. The van der Waals surface area contributed by atoms with E-state index in [1.54, 1.807) is 30.5 Å². The number of rotatable bonds is 6. The smallest absolute Gasteiger partial charge is 0.257 e.